The summed E-state index contributed by atoms with van der Waals surface area (Å²) in [4.78, 5) is 19.2. The van der Waals surface area contributed by atoms with Gasteiger partial charge in [-0.15, -0.1) is 0 Å². The summed E-state index contributed by atoms with van der Waals surface area (Å²) in [6.45, 7) is 6.15. The monoisotopic (exact) mass is 349 g/mol. The van der Waals surface area contributed by atoms with Gasteiger partial charge < -0.3 is 10.2 Å². The van der Waals surface area contributed by atoms with Crippen molar-refractivity contribution in [2.24, 2.45) is 5.92 Å². The van der Waals surface area contributed by atoms with E-state index in [0.717, 1.165) is 41.4 Å². The van der Waals surface area contributed by atoms with Gasteiger partial charge in [0.05, 0.1) is 17.3 Å². The lowest BCUT2D eigenvalue weighted by molar-refractivity contribution is -0.124. The minimum Gasteiger partial charge on any atom is -0.356 e. The smallest absolute Gasteiger partial charge is 0.224 e. The Hall–Kier alpha value is -2.89. The van der Waals surface area contributed by atoms with E-state index in [1.807, 2.05) is 42.6 Å². The van der Waals surface area contributed by atoms with Gasteiger partial charge in [-0.25, -0.2) is 4.98 Å². The molecule has 0 saturated carbocycles. The number of aryl methyl sites for hydroxylation is 1. The average Bonchev–Trinajstić information content (AvgIpc) is 3.27. The van der Waals surface area contributed by atoms with Crippen molar-refractivity contribution >= 4 is 17.4 Å². The highest BCUT2D eigenvalue weighted by Gasteiger charge is 2.29. The molecule has 134 valence electrons. The summed E-state index contributed by atoms with van der Waals surface area (Å²) in [6.07, 6.45) is 0.858. The van der Waals surface area contributed by atoms with Crippen LogP contribution in [-0.2, 0) is 4.79 Å². The molecule has 2 aromatic heterocycles. The molecule has 1 saturated heterocycles. The second kappa shape index (κ2) is 6.78. The lowest BCUT2D eigenvalue weighted by atomic mass is 10.1. The largest absolute Gasteiger partial charge is 0.356 e. The van der Waals surface area contributed by atoms with Gasteiger partial charge in [-0.05, 0) is 20.3 Å². The Kier molecular flexibility index (Phi) is 4.32. The zero-order chi connectivity index (χ0) is 18.1. The molecule has 26 heavy (non-hydrogen) atoms. The molecule has 1 atom stereocenters. The van der Waals surface area contributed by atoms with E-state index in [9.17, 15) is 4.79 Å². The van der Waals surface area contributed by atoms with Crippen LogP contribution in [0.4, 0.5) is 5.82 Å². The van der Waals surface area contributed by atoms with E-state index >= 15 is 0 Å². The van der Waals surface area contributed by atoms with Gasteiger partial charge in [-0.1, -0.05) is 30.3 Å². The fraction of sp³-hybridized carbons (Fsp3) is 0.350. The van der Waals surface area contributed by atoms with Crippen LogP contribution in [0.5, 0.6) is 0 Å². The van der Waals surface area contributed by atoms with E-state index in [0.29, 0.717) is 13.1 Å². The highest BCUT2D eigenvalue weighted by atomic mass is 16.1. The molecule has 3 aromatic rings. The Morgan fingerprint density at radius 1 is 1.27 bits per heavy atom. The van der Waals surface area contributed by atoms with Gasteiger partial charge >= 0.3 is 0 Å². The standard InChI is InChI=1S/C20H23N5O/c1-3-21-20(26)16-9-10-24(13-16)19-12-17(15-7-5-4-6-8-15)22-18-11-14(2)23-25(18)19/h4-8,11-12,16H,3,9-10,13H2,1-2H3,(H,21,26)/t16-/m0/s1. The molecule has 1 aromatic carbocycles. The van der Waals surface area contributed by atoms with Crippen LogP contribution in [0.1, 0.15) is 19.0 Å². The molecule has 4 rings (SSSR count). The first-order chi connectivity index (χ1) is 12.7. The van der Waals surface area contributed by atoms with Crippen molar-refractivity contribution in [3.63, 3.8) is 0 Å². The highest BCUT2D eigenvalue weighted by Crippen LogP contribution is 2.28. The van der Waals surface area contributed by atoms with Gasteiger partial charge in [0.2, 0.25) is 5.91 Å². The lowest BCUT2D eigenvalue weighted by Crippen LogP contribution is -2.33. The third-order valence-electron chi connectivity index (χ3n) is 4.83. The van der Waals surface area contributed by atoms with Crippen molar-refractivity contribution in [2.75, 3.05) is 24.5 Å². The summed E-state index contributed by atoms with van der Waals surface area (Å²) in [5.74, 6) is 1.16. The maximum Gasteiger partial charge on any atom is 0.224 e. The van der Waals surface area contributed by atoms with Crippen LogP contribution in [0.15, 0.2) is 42.5 Å². The van der Waals surface area contributed by atoms with Crippen LogP contribution in [-0.4, -0.2) is 40.1 Å². The number of anilines is 1. The molecule has 1 aliphatic heterocycles. The van der Waals surface area contributed by atoms with Gasteiger partial charge in [-0.2, -0.15) is 9.61 Å². The Morgan fingerprint density at radius 3 is 2.85 bits per heavy atom. The van der Waals surface area contributed by atoms with Crippen molar-refractivity contribution in [2.45, 2.75) is 20.3 Å². The van der Waals surface area contributed by atoms with E-state index < -0.39 is 0 Å². The van der Waals surface area contributed by atoms with Crippen LogP contribution >= 0.6 is 0 Å². The zero-order valence-electron chi connectivity index (χ0n) is 15.1. The number of rotatable bonds is 4. The zero-order valence-corrected chi connectivity index (χ0v) is 15.1. The third-order valence-corrected chi connectivity index (χ3v) is 4.83. The number of hydrogen-bond acceptors (Lipinski definition) is 4. The van der Waals surface area contributed by atoms with E-state index in [2.05, 4.69) is 33.5 Å². The SMILES string of the molecule is CCNC(=O)[C@H]1CCN(c2cc(-c3ccccc3)nc3cc(C)nn23)C1. The summed E-state index contributed by atoms with van der Waals surface area (Å²) in [7, 11) is 0. The van der Waals surface area contributed by atoms with Crippen molar-refractivity contribution in [3.8, 4) is 11.3 Å². The molecular formula is C20H23N5O. The Labute approximate surface area is 152 Å². The maximum atomic E-state index is 12.2. The summed E-state index contributed by atoms with van der Waals surface area (Å²) in [5.41, 5.74) is 3.77. The average molecular weight is 349 g/mol. The molecule has 0 bridgehead atoms. The molecule has 6 heteroatoms. The maximum absolute atomic E-state index is 12.2. The van der Waals surface area contributed by atoms with Crippen LogP contribution in [0.3, 0.4) is 0 Å². The lowest BCUT2D eigenvalue weighted by Gasteiger charge is -2.20. The number of carbonyl (C=O) groups excluding carboxylic acids is 1. The number of benzene rings is 1. The Bertz CT molecular complexity index is 934. The number of fused-ring (bicyclic) bond motifs is 1. The van der Waals surface area contributed by atoms with E-state index in [1.54, 1.807) is 0 Å². The second-order valence-corrected chi connectivity index (χ2v) is 6.75. The highest BCUT2D eigenvalue weighted by molar-refractivity contribution is 5.80. The fourth-order valence-corrected chi connectivity index (χ4v) is 3.56. The molecule has 1 aliphatic rings. The molecule has 3 heterocycles. The summed E-state index contributed by atoms with van der Waals surface area (Å²) < 4.78 is 1.89. The molecule has 1 amide bonds. The first kappa shape index (κ1) is 16.6. The van der Waals surface area contributed by atoms with E-state index in [4.69, 9.17) is 4.98 Å². The number of nitrogens with zero attached hydrogens (tertiary/aromatic N) is 4. The van der Waals surface area contributed by atoms with Gasteiger partial charge in [0.25, 0.3) is 0 Å². The predicted octanol–water partition coefficient (Wildman–Crippen LogP) is 2.67. The summed E-state index contributed by atoms with van der Waals surface area (Å²) in [5, 5.41) is 7.55. The summed E-state index contributed by atoms with van der Waals surface area (Å²) in [6, 6.07) is 14.2. The molecule has 1 N–H and O–H groups in total. The molecule has 0 spiro atoms. The normalized spacial score (nSPS) is 17.0. The second-order valence-electron chi connectivity index (χ2n) is 6.75. The third kappa shape index (κ3) is 3.03. The Morgan fingerprint density at radius 2 is 2.08 bits per heavy atom. The molecule has 6 nitrogen and oxygen atoms in total. The fourth-order valence-electron chi connectivity index (χ4n) is 3.56. The van der Waals surface area contributed by atoms with Crippen molar-refractivity contribution < 1.29 is 4.79 Å². The Balaban J connectivity index is 1.73. The van der Waals surface area contributed by atoms with E-state index in [1.165, 1.54) is 0 Å². The molecule has 0 unspecified atom stereocenters. The predicted molar refractivity (Wildman–Crippen MR) is 102 cm³/mol. The van der Waals surface area contributed by atoms with Crippen LogP contribution in [0.25, 0.3) is 16.9 Å². The van der Waals surface area contributed by atoms with Crippen molar-refractivity contribution in [1.29, 1.82) is 0 Å². The van der Waals surface area contributed by atoms with Crippen LogP contribution in [0.2, 0.25) is 0 Å². The van der Waals surface area contributed by atoms with Gasteiger partial charge in [0.1, 0.15) is 5.82 Å². The minimum atomic E-state index is 0.0231. The first-order valence-electron chi connectivity index (χ1n) is 9.11. The number of amides is 1. The summed E-state index contributed by atoms with van der Waals surface area (Å²) >= 11 is 0. The minimum absolute atomic E-state index is 0.0231. The van der Waals surface area contributed by atoms with Gasteiger partial charge in [0, 0.05) is 37.3 Å². The quantitative estimate of drug-likeness (QED) is 0.787. The number of nitrogens with one attached hydrogen (secondary N) is 1. The topological polar surface area (TPSA) is 62.5 Å². The number of hydrogen-bond donors (Lipinski definition) is 1. The number of aromatic nitrogens is 3. The van der Waals surface area contributed by atoms with Crippen LogP contribution < -0.4 is 10.2 Å². The van der Waals surface area contributed by atoms with E-state index in [-0.39, 0.29) is 11.8 Å². The molecule has 0 radical (unpaired) electrons. The molecule has 0 aliphatic carbocycles. The van der Waals surface area contributed by atoms with Gasteiger partial charge in [-0.3, -0.25) is 4.79 Å². The van der Waals surface area contributed by atoms with Crippen LogP contribution in [0, 0.1) is 12.8 Å². The van der Waals surface area contributed by atoms with Crippen molar-refractivity contribution in [1.82, 2.24) is 19.9 Å². The van der Waals surface area contributed by atoms with Crippen molar-refractivity contribution in [3.05, 3.63) is 48.2 Å². The first-order valence-corrected chi connectivity index (χ1v) is 9.11. The number of carbonyl (C=O) groups is 1. The van der Waals surface area contributed by atoms with Gasteiger partial charge in [0.15, 0.2) is 5.65 Å². The molecule has 1 fully saturated rings. The molecular weight excluding hydrogens is 326 g/mol.